The summed E-state index contributed by atoms with van der Waals surface area (Å²) in [6.07, 6.45) is 4.22. The summed E-state index contributed by atoms with van der Waals surface area (Å²) in [7, 11) is 0. The third-order valence-electron chi connectivity index (χ3n) is 4.41. The van der Waals surface area contributed by atoms with Gasteiger partial charge in [-0.25, -0.2) is 4.99 Å². The van der Waals surface area contributed by atoms with Gasteiger partial charge < -0.3 is 19.6 Å². The van der Waals surface area contributed by atoms with Gasteiger partial charge in [0.2, 0.25) is 0 Å². The second kappa shape index (κ2) is 10.3. The molecule has 0 bridgehead atoms. The Morgan fingerprint density at radius 2 is 2.17 bits per heavy atom. The molecule has 0 aliphatic rings. The van der Waals surface area contributed by atoms with Crippen molar-refractivity contribution in [3.05, 3.63) is 70.1 Å². The van der Waals surface area contributed by atoms with Gasteiger partial charge in [0, 0.05) is 29.6 Å². The molecule has 2 heterocycles. The topological polar surface area (TPSA) is 80.3 Å². The molecule has 1 atom stereocenters. The molecule has 9 heteroatoms. The molecule has 0 aliphatic carbocycles. The summed E-state index contributed by atoms with van der Waals surface area (Å²) in [5.74, 6) is 2.40. The molecule has 0 saturated carbocycles. The largest absolute Gasteiger partial charge is 0.467 e. The standard InChI is InChI=1S/C20H24Cl2N6O/c1-3-19-27-25-13-28(19)9-8-23-20(24-12-16-5-4-10-29-16)26-14(2)17-7-6-15(21)11-18(17)22/h4-7,10-11,13-14H,3,8-9,12H2,1-2H3,(H2,23,24,26). The molecule has 7 nitrogen and oxygen atoms in total. The third-order valence-corrected chi connectivity index (χ3v) is 4.97. The van der Waals surface area contributed by atoms with Gasteiger partial charge >= 0.3 is 0 Å². The van der Waals surface area contributed by atoms with Crippen LogP contribution in [0.2, 0.25) is 10.0 Å². The molecule has 3 aromatic rings. The van der Waals surface area contributed by atoms with Crippen LogP contribution in [0.3, 0.4) is 0 Å². The van der Waals surface area contributed by atoms with Crippen LogP contribution in [0.15, 0.2) is 52.3 Å². The summed E-state index contributed by atoms with van der Waals surface area (Å²) in [5.41, 5.74) is 0.940. The van der Waals surface area contributed by atoms with E-state index >= 15 is 0 Å². The Balaban J connectivity index is 1.67. The summed E-state index contributed by atoms with van der Waals surface area (Å²) < 4.78 is 7.40. The van der Waals surface area contributed by atoms with Crippen LogP contribution in [0.5, 0.6) is 0 Å². The number of nitrogens with one attached hydrogen (secondary N) is 2. The lowest BCUT2D eigenvalue weighted by atomic mass is 10.1. The summed E-state index contributed by atoms with van der Waals surface area (Å²) in [6.45, 7) is 5.90. The Morgan fingerprint density at radius 3 is 2.90 bits per heavy atom. The lowest BCUT2D eigenvalue weighted by Gasteiger charge is -2.20. The number of benzene rings is 1. The molecule has 3 rings (SSSR count). The van der Waals surface area contributed by atoms with Crippen LogP contribution in [-0.2, 0) is 19.5 Å². The van der Waals surface area contributed by atoms with Crippen LogP contribution in [0.1, 0.15) is 37.0 Å². The molecule has 0 amide bonds. The first kappa shape index (κ1) is 21.2. The van der Waals surface area contributed by atoms with Crippen LogP contribution in [0, 0.1) is 0 Å². The van der Waals surface area contributed by atoms with Gasteiger partial charge in [-0.15, -0.1) is 10.2 Å². The van der Waals surface area contributed by atoms with Crippen molar-refractivity contribution in [2.75, 3.05) is 6.54 Å². The number of rotatable bonds is 8. The highest BCUT2D eigenvalue weighted by Crippen LogP contribution is 2.26. The zero-order valence-electron chi connectivity index (χ0n) is 16.4. The van der Waals surface area contributed by atoms with E-state index in [1.807, 2.05) is 35.8 Å². The second-order valence-electron chi connectivity index (χ2n) is 6.50. The quantitative estimate of drug-likeness (QED) is 0.409. The first-order chi connectivity index (χ1) is 14.1. The van der Waals surface area contributed by atoms with Crippen molar-refractivity contribution in [2.24, 2.45) is 4.99 Å². The summed E-state index contributed by atoms with van der Waals surface area (Å²) in [6, 6.07) is 9.15. The maximum Gasteiger partial charge on any atom is 0.192 e. The average molecular weight is 435 g/mol. The maximum absolute atomic E-state index is 6.35. The molecule has 1 aromatic carbocycles. The van der Waals surface area contributed by atoms with Gasteiger partial charge in [-0.3, -0.25) is 0 Å². The van der Waals surface area contributed by atoms with Crippen LogP contribution in [0.4, 0.5) is 0 Å². The SMILES string of the molecule is CCc1nncn1CCNC(=NCc1ccco1)NC(C)c1ccc(Cl)cc1Cl. The van der Waals surface area contributed by atoms with Crippen molar-refractivity contribution in [1.29, 1.82) is 0 Å². The van der Waals surface area contributed by atoms with Crippen LogP contribution >= 0.6 is 23.2 Å². The van der Waals surface area contributed by atoms with E-state index in [0.717, 1.165) is 30.1 Å². The minimum Gasteiger partial charge on any atom is -0.467 e. The molecule has 0 saturated heterocycles. The van der Waals surface area contributed by atoms with Gasteiger partial charge in [0.05, 0.1) is 12.3 Å². The predicted octanol–water partition coefficient (Wildman–Crippen LogP) is 4.24. The average Bonchev–Trinajstić information content (AvgIpc) is 3.37. The van der Waals surface area contributed by atoms with Gasteiger partial charge in [0.1, 0.15) is 24.5 Å². The Bertz CT molecular complexity index is 938. The van der Waals surface area contributed by atoms with Gasteiger partial charge in [-0.05, 0) is 36.8 Å². The third kappa shape index (κ3) is 5.98. The zero-order chi connectivity index (χ0) is 20.6. The van der Waals surface area contributed by atoms with Crippen molar-refractivity contribution in [3.63, 3.8) is 0 Å². The minimum absolute atomic E-state index is 0.0660. The Labute approximate surface area is 180 Å². The fourth-order valence-corrected chi connectivity index (χ4v) is 3.45. The number of furan rings is 1. The van der Waals surface area contributed by atoms with Crippen molar-refractivity contribution in [1.82, 2.24) is 25.4 Å². The van der Waals surface area contributed by atoms with Crippen LogP contribution < -0.4 is 10.6 Å². The van der Waals surface area contributed by atoms with Gasteiger partial charge in [0.15, 0.2) is 5.96 Å². The normalized spacial score (nSPS) is 12.8. The lowest BCUT2D eigenvalue weighted by Crippen LogP contribution is -2.40. The van der Waals surface area contributed by atoms with Gasteiger partial charge in [-0.2, -0.15) is 0 Å². The molecule has 1 unspecified atom stereocenters. The highest BCUT2D eigenvalue weighted by molar-refractivity contribution is 6.35. The fraction of sp³-hybridized carbons (Fsp3) is 0.350. The highest BCUT2D eigenvalue weighted by Gasteiger charge is 2.12. The molecule has 154 valence electrons. The number of hydrogen-bond donors (Lipinski definition) is 2. The van der Waals surface area contributed by atoms with Crippen molar-refractivity contribution in [3.8, 4) is 0 Å². The van der Waals surface area contributed by atoms with E-state index in [9.17, 15) is 0 Å². The fourth-order valence-electron chi connectivity index (χ4n) is 2.88. The summed E-state index contributed by atoms with van der Waals surface area (Å²) in [4.78, 5) is 4.63. The number of guanidine groups is 1. The number of halogens is 2. The first-order valence-electron chi connectivity index (χ1n) is 9.45. The number of aromatic nitrogens is 3. The number of hydrogen-bond acceptors (Lipinski definition) is 4. The second-order valence-corrected chi connectivity index (χ2v) is 7.34. The first-order valence-corrected chi connectivity index (χ1v) is 10.2. The number of aryl methyl sites for hydroxylation is 1. The van der Waals surface area contributed by atoms with E-state index < -0.39 is 0 Å². The Morgan fingerprint density at radius 1 is 1.31 bits per heavy atom. The van der Waals surface area contributed by atoms with E-state index in [1.165, 1.54) is 0 Å². The van der Waals surface area contributed by atoms with Crippen molar-refractivity contribution >= 4 is 29.2 Å². The molecular weight excluding hydrogens is 411 g/mol. The van der Waals surface area contributed by atoms with E-state index in [4.69, 9.17) is 27.6 Å². The van der Waals surface area contributed by atoms with Crippen molar-refractivity contribution < 1.29 is 4.42 Å². The highest BCUT2D eigenvalue weighted by atomic mass is 35.5. The van der Waals surface area contributed by atoms with Crippen molar-refractivity contribution in [2.45, 2.75) is 39.4 Å². The molecule has 29 heavy (non-hydrogen) atoms. The number of aliphatic imine (C=N–C) groups is 1. The molecule has 0 spiro atoms. The van der Waals surface area contributed by atoms with E-state index in [0.29, 0.717) is 29.1 Å². The van der Waals surface area contributed by atoms with Crippen LogP contribution in [0.25, 0.3) is 0 Å². The summed E-state index contributed by atoms with van der Waals surface area (Å²) in [5, 5.41) is 16.0. The van der Waals surface area contributed by atoms with Gasteiger partial charge in [0.25, 0.3) is 0 Å². The van der Waals surface area contributed by atoms with Gasteiger partial charge in [-0.1, -0.05) is 36.2 Å². The monoisotopic (exact) mass is 434 g/mol. The van der Waals surface area contributed by atoms with E-state index in [2.05, 4.69) is 32.7 Å². The zero-order valence-corrected chi connectivity index (χ0v) is 17.9. The predicted molar refractivity (Wildman–Crippen MR) is 115 cm³/mol. The Hall–Kier alpha value is -2.51. The molecule has 2 N–H and O–H groups in total. The molecule has 0 fully saturated rings. The minimum atomic E-state index is -0.0660. The number of nitrogens with zero attached hydrogens (tertiary/aromatic N) is 4. The van der Waals surface area contributed by atoms with E-state index in [-0.39, 0.29) is 6.04 Å². The molecular formula is C20H24Cl2N6O. The lowest BCUT2D eigenvalue weighted by molar-refractivity contribution is 0.511. The Kier molecular flexibility index (Phi) is 7.55. The maximum atomic E-state index is 6.35. The molecule has 0 radical (unpaired) electrons. The van der Waals surface area contributed by atoms with Crippen LogP contribution in [-0.4, -0.2) is 27.3 Å². The molecule has 0 aliphatic heterocycles. The molecule has 2 aromatic heterocycles. The smallest absolute Gasteiger partial charge is 0.192 e. The summed E-state index contributed by atoms with van der Waals surface area (Å²) >= 11 is 12.4. The van der Waals surface area contributed by atoms with E-state index in [1.54, 1.807) is 18.7 Å².